The molecule has 2 aromatic heterocycles. The number of hydrogen-bond acceptors (Lipinski definition) is 3. The molecule has 1 N–H and O–H groups in total. The second-order valence-electron chi connectivity index (χ2n) is 5.74. The third-order valence-electron chi connectivity index (χ3n) is 3.28. The Morgan fingerprint density at radius 1 is 1.28 bits per heavy atom. The van der Waals surface area contributed by atoms with Gasteiger partial charge in [0.1, 0.15) is 17.9 Å². The highest BCUT2D eigenvalue weighted by molar-refractivity contribution is 5.95. The van der Waals surface area contributed by atoms with Gasteiger partial charge in [-0.05, 0) is 23.6 Å². The lowest BCUT2D eigenvalue weighted by molar-refractivity contribution is 0.235. The molecule has 3 heterocycles. The van der Waals surface area contributed by atoms with Gasteiger partial charge in [-0.15, -0.1) is 0 Å². The largest absolute Gasteiger partial charge is 0.474 e. The first-order chi connectivity index (χ1) is 8.54. The normalized spacial score (nSPS) is 19.9. The average molecular weight is 243 g/mol. The van der Waals surface area contributed by atoms with Gasteiger partial charge in [-0.3, -0.25) is 0 Å². The molecule has 2 aromatic rings. The van der Waals surface area contributed by atoms with Crippen LogP contribution < -0.4 is 0 Å². The van der Waals surface area contributed by atoms with E-state index < -0.39 is 0 Å². The Hall–Kier alpha value is -1.84. The number of hydrogen-bond donors (Lipinski definition) is 1. The van der Waals surface area contributed by atoms with Crippen molar-refractivity contribution in [3.8, 4) is 0 Å². The lowest BCUT2D eigenvalue weighted by Crippen LogP contribution is -2.25. The second kappa shape index (κ2) is 3.83. The van der Waals surface area contributed by atoms with Gasteiger partial charge in [0.15, 0.2) is 0 Å². The first-order valence-electron chi connectivity index (χ1n) is 6.19. The molecule has 0 saturated carbocycles. The van der Waals surface area contributed by atoms with Gasteiger partial charge in [0.2, 0.25) is 5.90 Å². The molecule has 4 nitrogen and oxygen atoms in total. The first kappa shape index (κ1) is 11.3. The molecule has 0 spiro atoms. The number of aliphatic imine (C=N–C) groups is 1. The van der Waals surface area contributed by atoms with Crippen molar-refractivity contribution in [3.63, 3.8) is 0 Å². The molecule has 0 bridgehead atoms. The summed E-state index contributed by atoms with van der Waals surface area (Å²) in [4.78, 5) is 12.3. The Morgan fingerprint density at radius 3 is 2.83 bits per heavy atom. The number of ether oxygens (including phenoxy) is 1. The van der Waals surface area contributed by atoms with Crippen molar-refractivity contribution in [3.05, 3.63) is 30.1 Å². The van der Waals surface area contributed by atoms with Crippen molar-refractivity contribution in [2.24, 2.45) is 10.4 Å². The van der Waals surface area contributed by atoms with E-state index in [9.17, 15) is 0 Å². The number of nitrogens with zero attached hydrogens (tertiary/aromatic N) is 2. The van der Waals surface area contributed by atoms with Crippen LogP contribution in [-0.4, -0.2) is 28.5 Å². The van der Waals surface area contributed by atoms with Gasteiger partial charge in [0.05, 0.1) is 6.04 Å². The maximum Gasteiger partial charge on any atom is 0.235 e. The number of fused-ring (bicyclic) bond motifs is 1. The van der Waals surface area contributed by atoms with Crippen LogP contribution >= 0.6 is 0 Å². The second-order valence-corrected chi connectivity index (χ2v) is 5.74. The zero-order valence-corrected chi connectivity index (χ0v) is 10.9. The summed E-state index contributed by atoms with van der Waals surface area (Å²) in [5, 5.41) is 1.10. The lowest BCUT2D eigenvalue weighted by atomic mass is 9.88. The van der Waals surface area contributed by atoms with Gasteiger partial charge < -0.3 is 9.72 Å². The van der Waals surface area contributed by atoms with Crippen molar-refractivity contribution in [1.29, 1.82) is 0 Å². The van der Waals surface area contributed by atoms with Crippen LogP contribution in [0.2, 0.25) is 0 Å². The van der Waals surface area contributed by atoms with Crippen LogP contribution in [0.5, 0.6) is 0 Å². The third kappa shape index (κ3) is 1.88. The molecular formula is C14H17N3O. The van der Waals surface area contributed by atoms with E-state index in [-0.39, 0.29) is 11.5 Å². The molecule has 0 fully saturated rings. The van der Waals surface area contributed by atoms with Crippen LogP contribution in [-0.2, 0) is 4.74 Å². The van der Waals surface area contributed by atoms with Gasteiger partial charge in [0.25, 0.3) is 0 Å². The predicted molar refractivity (Wildman–Crippen MR) is 71.8 cm³/mol. The number of rotatable bonds is 1. The lowest BCUT2D eigenvalue weighted by Gasteiger charge is -2.21. The number of pyridine rings is 1. The molecule has 1 aliphatic heterocycles. The number of aromatic amines is 1. The van der Waals surface area contributed by atoms with E-state index in [1.807, 2.05) is 24.4 Å². The quantitative estimate of drug-likeness (QED) is 0.837. The zero-order valence-electron chi connectivity index (χ0n) is 10.9. The Kier molecular flexibility index (Phi) is 2.40. The molecule has 1 aliphatic rings. The number of aromatic nitrogens is 2. The van der Waals surface area contributed by atoms with Crippen molar-refractivity contribution < 1.29 is 4.74 Å². The molecule has 0 radical (unpaired) electrons. The van der Waals surface area contributed by atoms with E-state index in [1.165, 1.54) is 0 Å². The van der Waals surface area contributed by atoms with Crippen LogP contribution in [0.15, 0.2) is 29.4 Å². The Morgan fingerprint density at radius 2 is 2.11 bits per heavy atom. The standard InChI is InChI=1S/C14H17N3O/c1-14(2,3)11-8-18-13(17-11)10-5-4-9-6-7-15-12(9)16-10/h4-7,11H,8H2,1-3H3,(H,15,16)/t11-/m1/s1. The molecule has 0 saturated heterocycles. The smallest absolute Gasteiger partial charge is 0.235 e. The summed E-state index contributed by atoms with van der Waals surface area (Å²) in [6.45, 7) is 7.17. The van der Waals surface area contributed by atoms with Gasteiger partial charge in [-0.1, -0.05) is 20.8 Å². The maximum atomic E-state index is 5.68. The minimum atomic E-state index is 0.123. The summed E-state index contributed by atoms with van der Waals surface area (Å²) in [7, 11) is 0. The molecular weight excluding hydrogens is 226 g/mol. The van der Waals surface area contributed by atoms with Crippen molar-refractivity contribution in [1.82, 2.24) is 9.97 Å². The summed E-state index contributed by atoms with van der Waals surface area (Å²) < 4.78 is 5.68. The summed E-state index contributed by atoms with van der Waals surface area (Å²) in [6, 6.07) is 6.19. The fourth-order valence-corrected chi connectivity index (χ4v) is 2.01. The zero-order chi connectivity index (χ0) is 12.8. The van der Waals surface area contributed by atoms with E-state index in [2.05, 4.69) is 35.7 Å². The van der Waals surface area contributed by atoms with Gasteiger partial charge >= 0.3 is 0 Å². The maximum absolute atomic E-state index is 5.68. The van der Waals surface area contributed by atoms with Crippen LogP contribution in [0.3, 0.4) is 0 Å². The molecule has 0 aliphatic carbocycles. The van der Waals surface area contributed by atoms with Gasteiger partial charge in [-0.2, -0.15) is 0 Å². The first-order valence-corrected chi connectivity index (χ1v) is 6.19. The van der Waals surface area contributed by atoms with Crippen LogP contribution in [0, 0.1) is 5.41 Å². The molecule has 0 unspecified atom stereocenters. The molecule has 4 heteroatoms. The molecule has 1 atom stereocenters. The average Bonchev–Trinajstić information content (AvgIpc) is 2.96. The Labute approximate surface area is 106 Å². The highest BCUT2D eigenvalue weighted by atomic mass is 16.5. The molecule has 94 valence electrons. The van der Waals surface area contributed by atoms with Crippen LogP contribution in [0.1, 0.15) is 26.5 Å². The van der Waals surface area contributed by atoms with E-state index in [0.29, 0.717) is 12.5 Å². The minimum Gasteiger partial charge on any atom is -0.474 e. The number of nitrogens with one attached hydrogen (secondary N) is 1. The summed E-state index contributed by atoms with van der Waals surface area (Å²) in [6.07, 6.45) is 1.89. The van der Waals surface area contributed by atoms with Crippen LogP contribution in [0.25, 0.3) is 11.0 Å². The SMILES string of the molecule is CC(C)(C)[C@H]1COC(c2ccc3cc[nH]c3n2)=N1. The fraction of sp³-hybridized carbons (Fsp3) is 0.429. The summed E-state index contributed by atoms with van der Waals surface area (Å²) >= 11 is 0. The predicted octanol–water partition coefficient (Wildman–Crippen LogP) is 2.75. The topological polar surface area (TPSA) is 50.3 Å². The van der Waals surface area contributed by atoms with Crippen molar-refractivity contribution in [2.45, 2.75) is 26.8 Å². The van der Waals surface area contributed by atoms with Crippen LogP contribution in [0.4, 0.5) is 0 Å². The summed E-state index contributed by atoms with van der Waals surface area (Å²) in [5.41, 5.74) is 1.80. The molecule has 0 amide bonds. The van der Waals surface area contributed by atoms with Crippen molar-refractivity contribution in [2.75, 3.05) is 6.61 Å². The monoisotopic (exact) mass is 243 g/mol. The Bertz CT molecular complexity index is 607. The third-order valence-corrected chi connectivity index (χ3v) is 3.28. The van der Waals surface area contributed by atoms with Gasteiger partial charge in [0, 0.05) is 11.6 Å². The van der Waals surface area contributed by atoms with E-state index >= 15 is 0 Å². The van der Waals surface area contributed by atoms with E-state index in [0.717, 1.165) is 16.7 Å². The molecule has 18 heavy (non-hydrogen) atoms. The molecule has 3 rings (SSSR count). The summed E-state index contributed by atoms with van der Waals surface area (Å²) in [5.74, 6) is 0.659. The number of H-pyrrole nitrogens is 1. The van der Waals surface area contributed by atoms with Gasteiger partial charge in [-0.25, -0.2) is 9.98 Å². The minimum absolute atomic E-state index is 0.123. The molecule has 0 aromatic carbocycles. The van der Waals surface area contributed by atoms with Crippen molar-refractivity contribution >= 4 is 16.9 Å². The van der Waals surface area contributed by atoms with E-state index in [1.54, 1.807) is 0 Å². The highest BCUT2D eigenvalue weighted by Crippen LogP contribution is 2.27. The van der Waals surface area contributed by atoms with E-state index in [4.69, 9.17) is 4.74 Å². The fourth-order valence-electron chi connectivity index (χ4n) is 2.01. The highest BCUT2D eigenvalue weighted by Gasteiger charge is 2.31. The Balaban J connectivity index is 1.95.